The molecule has 0 aliphatic carbocycles. The van der Waals surface area contributed by atoms with Gasteiger partial charge < -0.3 is 4.42 Å². The summed E-state index contributed by atoms with van der Waals surface area (Å²) >= 11 is 0. The number of rotatable bonds is 4. The van der Waals surface area contributed by atoms with Crippen LogP contribution in [0.1, 0.15) is 42.3 Å². The number of para-hydroxylation sites is 1. The molecule has 0 saturated carbocycles. The lowest BCUT2D eigenvalue weighted by molar-refractivity contribution is 0.402. The zero-order chi connectivity index (χ0) is 29.1. The van der Waals surface area contributed by atoms with E-state index in [0.717, 1.165) is 61.5 Å². The SMILES string of the molecule is CC1(C)c2cccnc2N(c2cccc(C(F)c3cccc(-c4ccccn4)c3)c2)c2c1ccc1oc3ccccc3c21. The van der Waals surface area contributed by atoms with Crippen molar-refractivity contribution in [3.05, 3.63) is 150 Å². The summed E-state index contributed by atoms with van der Waals surface area (Å²) in [7, 11) is 0. The first kappa shape index (κ1) is 25.4. The van der Waals surface area contributed by atoms with Crippen molar-refractivity contribution in [3.63, 3.8) is 0 Å². The van der Waals surface area contributed by atoms with Gasteiger partial charge in [-0.15, -0.1) is 0 Å². The Kier molecular flexibility index (Phi) is 5.70. The van der Waals surface area contributed by atoms with Gasteiger partial charge in [-0.25, -0.2) is 9.37 Å². The number of benzene rings is 4. The van der Waals surface area contributed by atoms with E-state index in [0.29, 0.717) is 11.1 Å². The van der Waals surface area contributed by atoms with Crippen LogP contribution in [0.15, 0.2) is 132 Å². The van der Waals surface area contributed by atoms with Crippen molar-refractivity contribution >= 4 is 39.1 Å². The van der Waals surface area contributed by atoms with Crippen molar-refractivity contribution in [2.24, 2.45) is 0 Å². The Balaban J connectivity index is 1.32. The predicted octanol–water partition coefficient (Wildman–Crippen LogP) is 10.2. The van der Waals surface area contributed by atoms with Crippen LogP contribution in [0.5, 0.6) is 0 Å². The Labute approximate surface area is 249 Å². The first-order valence-corrected chi connectivity index (χ1v) is 14.5. The maximum absolute atomic E-state index is 16.4. The third-order valence-electron chi connectivity index (χ3n) is 8.65. The molecule has 4 aromatic carbocycles. The van der Waals surface area contributed by atoms with Crippen LogP contribution in [0, 0.1) is 0 Å². The molecule has 1 aliphatic rings. The lowest BCUT2D eigenvalue weighted by Crippen LogP contribution is -2.31. The van der Waals surface area contributed by atoms with Crippen LogP contribution in [0.25, 0.3) is 33.2 Å². The number of hydrogen-bond acceptors (Lipinski definition) is 4. The van der Waals surface area contributed by atoms with Crippen LogP contribution in [-0.4, -0.2) is 9.97 Å². The molecular formula is C38H28FN3O. The van der Waals surface area contributed by atoms with Crippen LogP contribution >= 0.6 is 0 Å². The monoisotopic (exact) mass is 561 g/mol. The average molecular weight is 562 g/mol. The smallest absolute Gasteiger partial charge is 0.150 e. The fraction of sp³-hybridized carbons (Fsp3) is 0.105. The van der Waals surface area contributed by atoms with Gasteiger partial charge in [0, 0.05) is 40.0 Å². The molecule has 8 rings (SSSR count). The molecule has 208 valence electrons. The van der Waals surface area contributed by atoms with Gasteiger partial charge in [0.25, 0.3) is 0 Å². The fourth-order valence-electron chi connectivity index (χ4n) is 6.50. The molecule has 0 saturated heterocycles. The van der Waals surface area contributed by atoms with Gasteiger partial charge in [-0.1, -0.05) is 80.6 Å². The molecule has 4 nitrogen and oxygen atoms in total. The van der Waals surface area contributed by atoms with E-state index in [1.807, 2.05) is 97.2 Å². The molecule has 0 amide bonds. The molecule has 4 heterocycles. The molecule has 0 bridgehead atoms. The molecule has 7 aromatic rings. The maximum Gasteiger partial charge on any atom is 0.150 e. The summed E-state index contributed by atoms with van der Waals surface area (Å²) in [6, 6.07) is 37.6. The largest absolute Gasteiger partial charge is 0.456 e. The molecule has 1 aliphatic heterocycles. The Morgan fingerprint density at radius 2 is 1.49 bits per heavy atom. The number of alkyl halides is 1. The lowest BCUT2D eigenvalue weighted by atomic mass is 9.74. The highest BCUT2D eigenvalue weighted by molar-refractivity contribution is 6.15. The molecular weight excluding hydrogens is 533 g/mol. The van der Waals surface area contributed by atoms with Gasteiger partial charge in [-0.2, -0.15) is 0 Å². The van der Waals surface area contributed by atoms with E-state index in [2.05, 4.69) is 48.0 Å². The number of pyridine rings is 2. The third-order valence-corrected chi connectivity index (χ3v) is 8.65. The van der Waals surface area contributed by atoms with E-state index in [-0.39, 0.29) is 5.41 Å². The number of furan rings is 1. The van der Waals surface area contributed by atoms with Gasteiger partial charge >= 0.3 is 0 Å². The molecule has 1 atom stereocenters. The first-order chi connectivity index (χ1) is 21.0. The van der Waals surface area contributed by atoms with Crippen molar-refractivity contribution in [3.8, 4) is 11.3 Å². The summed E-state index contributed by atoms with van der Waals surface area (Å²) in [4.78, 5) is 11.5. The van der Waals surface area contributed by atoms with E-state index in [4.69, 9.17) is 9.40 Å². The number of halogens is 1. The van der Waals surface area contributed by atoms with Crippen molar-refractivity contribution in [2.45, 2.75) is 25.4 Å². The number of anilines is 3. The van der Waals surface area contributed by atoms with Gasteiger partial charge in [0.1, 0.15) is 17.0 Å². The van der Waals surface area contributed by atoms with Crippen LogP contribution in [0.2, 0.25) is 0 Å². The summed E-state index contributed by atoms with van der Waals surface area (Å²) in [5, 5.41) is 2.07. The summed E-state index contributed by atoms with van der Waals surface area (Å²) in [5.41, 5.74) is 8.33. The van der Waals surface area contributed by atoms with Gasteiger partial charge in [-0.05, 0) is 65.2 Å². The van der Waals surface area contributed by atoms with Gasteiger partial charge in [0.15, 0.2) is 6.17 Å². The zero-order valence-corrected chi connectivity index (χ0v) is 23.8. The molecule has 43 heavy (non-hydrogen) atoms. The zero-order valence-electron chi connectivity index (χ0n) is 23.8. The van der Waals surface area contributed by atoms with E-state index in [9.17, 15) is 0 Å². The van der Waals surface area contributed by atoms with Crippen molar-refractivity contribution in [2.75, 3.05) is 4.90 Å². The van der Waals surface area contributed by atoms with Gasteiger partial charge in [0.05, 0.1) is 16.8 Å². The van der Waals surface area contributed by atoms with Crippen LogP contribution in [0.3, 0.4) is 0 Å². The minimum absolute atomic E-state index is 0.311. The van der Waals surface area contributed by atoms with E-state index in [1.54, 1.807) is 6.20 Å². The summed E-state index contributed by atoms with van der Waals surface area (Å²) in [5.74, 6) is 0.836. The second-order valence-electron chi connectivity index (χ2n) is 11.6. The minimum atomic E-state index is -1.32. The third kappa shape index (κ3) is 3.96. The van der Waals surface area contributed by atoms with E-state index >= 15 is 4.39 Å². The van der Waals surface area contributed by atoms with Crippen molar-refractivity contribution < 1.29 is 8.81 Å². The molecule has 0 spiro atoms. The molecule has 0 N–H and O–H groups in total. The Morgan fingerprint density at radius 3 is 2.35 bits per heavy atom. The summed E-state index contributed by atoms with van der Waals surface area (Å²) in [6.45, 7) is 4.47. The number of hydrogen-bond donors (Lipinski definition) is 0. The second kappa shape index (κ2) is 9.63. The highest BCUT2D eigenvalue weighted by Gasteiger charge is 2.39. The predicted molar refractivity (Wildman–Crippen MR) is 171 cm³/mol. The molecule has 5 heteroatoms. The first-order valence-electron chi connectivity index (χ1n) is 14.5. The summed E-state index contributed by atoms with van der Waals surface area (Å²) < 4.78 is 22.7. The van der Waals surface area contributed by atoms with Gasteiger partial charge in [-0.3, -0.25) is 9.88 Å². The van der Waals surface area contributed by atoms with Gasteiger partial charge in [0.2, 0.25) is 0 Å². The molecule has 1 unspecified atom stereocenters. The van der Waals surface area contributed by atoms with Crippen LogP contribution < -0.4 is 4.90 Å². The van der Waals surface area contributed by atoms with E-state index < -0.39 is 6.17 Å². The highest BCUT2D eigenvalue weighted by atomic mass is 19.1. The molecule has 3 aromatic heterocycles. The summed E-state index contributed by atoms with van der Waals surface area (Å²) in [6.07, 6.45) is 2.26. The van der Waals surface area contributed by atoms with Crippen LogP contribution in [0.4, 0.5) is 21.6 Å². The number of aromatic nitrogens is 2. The molecule has 0 radical (unpaired) electrons. The normalized spacial score (nSPS) is 14.4. The highest BCUT2D eigenvalue weighted by Crippen LogP contribution is 2.55. The Morgan fingerprint density at radius 1 is 0.698 bits per heavy atom. The fourth-order valence-corrected chi connectivity index (χ4v) is 6.50. The Bertz CT molecular complexity index is 2150. The molecule has 0 fully saturated rings. The minimum Gasteiger partial charge on any atom is -0.456 e. The average Bonchev–Trinajstić information content (AvgIpc) is 3.44. The van der Waals surface area contributed by atoms with Crippen molar-refractivity contribution in [1.82, 2.24) is 9.97 Å². The number of nitrogens with zero attached hydrogens (tertiary/aromatic N) is 3. The standard InChI is InChI=1S/C38H28FN3O/c1-38(2)29-18-19-33-34(28-14-3-4-17-32(28)43-33)36(29)42(37-30(38)15-9-21-41-37)27-13-8-12-26(23-27)35(39)25-11-7-10-24(22-25)31-16-5-6-20-40-31/h3-23,35H,1-2H3. The lowest BCUT2D eigenvalue weighted by Gasteiger charge is -2.41. The maximum atomic E-state index is 16.4. The Hall–Kier alpha value is -5.29. The topological polar surface area (TPSA) is 42.2 Å². The van der Waals surface area contributed by atoms with Crippen LogP contribution in [-0.2, 0) is 5.41 Å². The number of fused-ring (bicyclic) bond motifs is 6. The second-order valence-corrected chi connectivity index (χ2v) is 11.6. The van der Waals surface area contributed by atoms with E-state index in [1.165, 1.54) is 0 Å². The van der Waals surface area contributed by atoms with Crippen molar-refractivity contribution in [1.29, 1.82) is 0 Å². The quantitative estimate of drug-likeness (QED) is 0.214.